The fraction of sp³-hybridized carbons (Fsp3) is 0.766. The molecule has 1 aromatic carbocycles. The summed E-state index contributed by atoms with van der Waals surface area (Å²) in [6, 6.07) is 4.46. The highest BCUT2D eigenvalue weighted by Gasteiger charge is 2.84. The van der Waals surface area contributed by atoms with Gasteiger partial charge in [0.1, 0.15) is 11.2 Å². The molecule has 1 aliphatic heterocycles. The van der Waals surface area contributed by atoms with Crippen LogP contribution in [0, 0.1) is 45.3 Å². The number of aliphatic hydroxyl groups excluding tert-OH is 3. The van der Waals surface area contributed by atoms with Crippen molar-refractivity contribution < 1.29 is 55.1 Å². The number of carbonyl (C=O) groups is 1. The molecule has 6 saturated carbocycles. The summed E-state index contributed by atoms with van der Waals surface area (Å²) >= 11 is 0. The molecule has 6 bridgehead atoms. The first-order valence-corrected chi connectivity index (χ1v) is 22.4. The van der Waals surface area contributed by atoms with E-state index in [1.807, 2.05) is 13.8 Å². The van der Waals surface area contributed by atoms with E-state index >= 15 is 4.79 Å². The molecule has 326 valence electrons. The molecule has 1 saturated heterocycles. The summed E-state index contributed by atoms with van der Waals surface area (Å²) < 4.78 is 13.8. The second-order valence-electron chi connectivity index (χ2n) is 20.9. The minimum absolute atomic E-state index is 0.0464. The molecule has 9 aliphatic carbocycles. The molecule has 0 aromatic heterocycles. The minimum Gasteiger partial charge on any atom is -0.504 e. The summed E-state index contributed by atoms with van der Waals surface area (Å²) in [5.41, 5.74) is -7.10. The third kappa shape index (κ3) is 5.01. The molecule has 10 aliphatic rings. The summed E-state index contributed by atoms with van der Waals surface area (Å²) in [6.07, 6.45) is 5.40. The number of fused-ring (bicyclic) bond motifs is 8. The van der Waals surface area contributed by atoms with Crippen molar-refractivity contribution in [2.45, 2.75) is 145 Å². The maximum absolute atomic E-state index is 15.1. The van der Waals surface area contributed by atoms with Crippen LogP contribution in [0.4, 0.5) is 0 Å². The zero-order chi connectivity index (χ0) is 42.3. The summed E-state index contributed by atoms with van der Waals surface area (Å²) in [5.74, 6) is -3.73. The second-order valence-corrected chi connectivity index (χ2v) is 20.9. The number of rotatable bonds is 10. The highest BCUT2D eigenvalue weighted by molar-refractivity contribution is 5.96. The number of nitrogens with one attached hydrogen (secondary N) is 1. The summed E-state index contributed by atoms with van der Waals surface area (Å²) in [6.45, 7) is 11.5. The van der Waals surface area contributed by atoms with Crippen LogP contribution in [0.5, 0.6) is 11.5 Å². The van der Waals surface area contributed by atoms with E-state index in [-0.39, 0.29) is 73.6 Å². The van der Waals surface area contributed by atoms with Crippen LogP contribution in [-0.2, 0) is 14.3 Å². The van der Waals surface area contributed by atoms with Crippen molar-refractivity contribution in [1.29, 1.82) is 0 Å². The Hall–Kier alpha value is -2.39. The van der Waals surface area contributed by atoms with E-state index in [4.69, 9.17) is 9.47 Å². The number of benzene rings is 1. The van der Waals surface area contributed by atoms with E-state index in [2.05, 4.69) is 32.2 Å². The Labute approximate surface area is 347 Å². The largest absolute Gasteiger partial charge is 0.504 e. The molecule has 59 heavy (non-hydrogen) atoms. The van der Waals surface area contributed by atoms with Crippen molar-refractivity contribution >= 4 is 5.78 Å². The lowest BCUT2D eigenvalue weighted by molar-refractivity contribution is -0.248. The molecule has 0 amide bonds. The van der Waals surface area contributed by atoms with Gasteiger partial charge >= 0.3 is 0 Å². The lowest BCUT2D eigenvalue weighted by Crippen LogP contribution is -2.71. The minimum atomic E-state index is -1.74. The van der Waals surface area contributed by atoms with Crippen molar-refractivity contribution in [2.75, 3.05) is 32.9 Å². The van der Waals surface area contributed by atoms with Gasteiger partial charge in [-0.3, -0.25) is 4.79 Å². The fourth-order valence-corrected chi connectivity index (χ4v) is 15.9. The van der Waals surface area contributed by atoms with Gasteiger partial charge in [-0.2, -0.15) is 0 Å². The first-order chi connectivity index (χ1) is 27.8. The molecule has 11 rings (SSSR count). The smallest absolute Gasteiger partial charge is 0.160 e. The van der Waals surface area contributed by atoms with Crippen LogP contribution in [0.3, 0.4) is 0 Å². The molecule has 12 nitrogen and oxygen atoms in total. The van der Waals surface area contributed by atoms with E-state index in [9.17, 15) is 40.9 Å². The fourth-order valence-electron chi connectivity index (χ4n) is 15.9. The van der Waals surface area contributed by atoms with Gasteiger partial charge in [-0.1, -0.05) is 52.3 Å². The number of carbonyl (C=O) groups excluding carboxylic acids is 1. The second kappa shape index (κ2) is 13.6. The summed E-state index contributed by atoms with van der Waals surface area (Å²) in [5, 5.41) is 98.2. The van der Waals surface area contributed by atoms with Gasteiger partial charge < -0.3 is 55.6 Å². The van der Waals surface area contributed by atoms with E-state index < -0.39 is 74.7 Å². The number of ether oxygens (including phenoxy) is 2. The van der Waals surface area contributed by atoms with Gasteiger partial charge in [-0.15, -0.1) is 0 Å². The first-order valence-electron chi connectivity index (χ1n) is 22.4. The number of allylic oxidation sites excluding steroid dienone is 2. The number of phenolic OH excluding ortho intramolecular Hbond substituents is 2. The molecule has 9 N–H and O–H groups in total. The van der Waals surface area contributed by atoms with Gasteiger partial charge in [-0.25, -0.2) is 0 Å². The predicted molar refractivity (Wildman–Crippen MR) is 217 cm³/mol. The number of likely N-dealkylation sites (N-methyl/N-ethyl adjacent to an activating group) is 1. The molecule has 0 unspecified atom stereocenters. The van der Waals surface area contributed by atoms with E-state index in [1.165, 1.54) is 12.1 Å². The normalized spacial score (nSPS) is 50.5. The SMILES string of the molecule is CCNCC1=C[C@]2(C)CC[C@@H]1[C@]1(O[C@H]3C[C@]4(O)C5=CC(=O)[C@H]6[C@@H](c7ccc(O)c(O)c7)[C@]7(O)CC[C@@]5(CC[C@]4(C)[C@@H]3[C@]1(O)CCO)[C@@]6(C)C[C@@H]7OCCCO)[C@@H](O)[C@H]2C. The molecule has 1 heterocycles. The van der Waals surface area contributed by atoms with E-state index in [0.717, 1.165) is 18.5 Å². The zero-order valence-corrected chi connectivity index (χ0v) is 35.4. The Morgan fingerprint density at radius 3 is 2.37 bits per heavy atom. The van der Waals surface area contributed by atoms with Crippen LogP contribution in [0.25, 0.3) is 0 Å². The third-order valence-electron chi connectivity index (χ3n) is 18.9. The van der Waals surface area contributed by atoms with Crippen molar-refractivity contribution in [3.05, 3.63) is 47.1 Å². The topological polar surface area (TPSA) is 209 Å². The predicted octanol–water partition coefficient (Wildman–Crippen LogP) is 3.76. The standard InChI is InChI=1S/C47H67NO11/c1-6-48-25-28-22-40(3)11-10-29(28)47(39(54)26(40)2)45(56,16-18-50)38-33(59-47)23-46(57)34-21-32(53)37-36(27-8-9-30(51)31(52)20-27)44(55)15-14-43(34,13-12-41(38,46)4)42(37,5)24-35(44)58-19-7-17-49/h8-9,20-22,26,29,33,35-39,48-52,54-57H,6-7,10-19,23-25H2,1-5H3/t26-,29+,33+,35+,36-,37+,38-,39+,40+,41-,42+,43-,44+,45-,46+,47+/m1/s1. The molecule has 12 heteroatoms. The number of aromatic hydroxyl groups is 2. The van der Waals surface area contributed by atoms with Gasteiger partial charge in [0.25, 0.3) is 0 Å². The number of hydrogen-bond acceptors (Lipinski definition) is 12. The number of aliphatic hydroxyl groups is 6. The van der Waals surface area contributed by atoms with E-state index in [1.54, 1.807) is 12.1 Å². The molecule has 7 fully saturated rings. The van der Waals surface area contributed by atoms with Gasteiger partial charge in [0.2, 0.25) is 0 Å². The zero-order valence-electron chi connectivity index (χ0n) is 35.4. The van der Waals surface area contributed by atoms with Crippen molar-refractivity contribution in [1.82, 2.24) is 5.32 Å². The van der Waals surface area contributed by atoms with Crippen molar-refractivity contribution in [3.63, 3.8) is 0 Å². The molecule has 0 radical (unpaired) electrons. The Morgan fingerprint density at radius 1 is 0.932 bits per heavy atom. The van der Waals surface area contributed by atoms with Gasteiger partial charge in [0, 0.05) is 73.7 Å². The number of hydrogen-bond donors (Lipinski definition) is 9. The summed E-state index contributed by atoms with van der Waals surface area (Å²) in [4.78, 5) is 15.1. The first kappa shape index (κ1) is 41.9. The Balaban J connectivity index is 1.18. The average molecular weight is 822 g/mol. The van der Waals surface area contributed by atoms with Gasteiger partial charge in [0.05, 0.1) is 29.5 Å². The molecular weight excluding hydrogens is 755 g/mol. The summed E-state index contributed by atoms with van der Waals surface area (Å²) in [7, 11) is 0. The monoisotopic (exact) mass is 821 g/mol. The van der Waals surface area contributed by atoms with Gasteiger partial charge in [-0.05, 0) is 104 Å². The average Bonchev–Trinajstić information content (AvgIpc) is 3.47. The van der Waals surface area contributed by atoms with Crippen LogP contribution in [0.2, 0.25) is 0 Å². The quantitative estimate of drug-likeness (QED) is 0.0940. The van der Waals surface area contributed by atoms with Crippen molar-refractivity contribution in [2.24, 2.45) is 45.3 Å². The highest BCUT2D eigenvalue weighted by Crippen LogP contribution is 2.80. The number of phenols is 2. The molecular formula is C47H67NO11. The maximum Gasteiger partial charge on any atom is 0.160 e. The third-order valence-corrected chi connectivity index (χ3v) is 18.9. The Morgan fingerprint density at radius 2 is 1.68 bits per heavy atom. The number of ketones is 1. The lowest BCUT2D eigenvalue weighted by Gasteiger charge is -2.67. The van der Waals surface area contributed by atoms with Crippen LogP contribution >= 0.6 is 0 Å². The van der Waals surface area contributed by atoms with Crippen LogP contribution in [-0.4, -0.2) is 120 Å². The lowest BCUT2D eigenvalue weighted by atomic mass is 9.38. The molecule has 16 atom stereocenters. The highest BCUT2D eigenvalue weighted by atomic mass is 16.6. The van der Waals surface area contributed by atoms with E-state index in [0.29, 0.717) is 56.2 Å². The molecule has 1 aromatic rings. The van der Waals surface area contributed by atoms with Gasteiger partial charge in [0.15, 0.2) is 17.3 Å². The molecule has 2 spiro atoms. The van der Waals surface area contributed by atoms with Crippen molar-refractivity contribution in [3.8, 4) is 11.5 Å². The Bertz CT molecular complexity index is 1950. The van der Waals surface area contributed by atoms with Crippen LogP contribution < -0.4 is 5.32 Å². The Kier molecular flexibility index (Phi) is 9.64. The van der Waals surface area contributed by atoms with Crippen LogP contribution in [0.1, 0.15) is 110 Å². The maximum atomic E-state index is 15.1. The van der Waals surface area contributed by atoms with Crippen LogP contribution in [0.15, 0.2) is 41.5 Å².